The normalized spacial score (nSPS) is 34.5. The van der Waals surface area contributed by atoms with Gasteiger partial charge < -0.3 is 5.73 Å². The van der Waals surface area contributed by atoms with Gasteiger partial charge in [0.2, 0.25) is 0 Å². The summed E-state index contributed by atoms with van der Waals surface area (Å²) in [5.74, 6) is 1.60. The number of nitrogens with two attached hydrogens (primary N) is 1. The van der Waals surface area contributed by atoms with Crippen LogP contribution in [0, 0.1) is 11.8 Å². The molecule has 3 atom stereocenters. The molecule has 0 bridgehead atoms. The Hall–Kier alpha value is -0.870. The van der Waals surface area contributed by atoms with Crippen molar-refractivity contribution in [3.63, 3.8) is 0 Å². The van der Waals surface area contributed by atoms with E-state index in [-0.39, 0.29) is 0 Å². The lowest BCUT2D eigenvalue weighted by atomic mass is 9.98. The van der Waals surface area contributed by atoms with Gasteiger partial charge in [-0.3, -0.25) is 9.58 Å². The smallest absolute Gasteiger partial charge is 0.0534 e. The molecule has 4 heteroatoms. The molecule has 1 saturated carbocycles. The van der Waals surface area contributed by atoms with Crippen molar-refractivity contribution in [2.24, 2.45) is 24.6 Å². The van der Waals surface area contributed by atoms with E-state index in [0.717, 1.165) is 18.4 Å². The summed E-state index contributed by atoms with van der Waals surface area (Å²) in [5, 5.41) is 4.21. The first-order valence-corrected chi connectivity index (χ1v) is 6.18. The maximum atomic E-state index is 6.14. The predicted octanol–water partition coefficient (Wildman–Crippen LogP) is 0.589. The van der Waals surface area contributed by atoms with Crippen molar-refractivity contribution in [3.05, 3.63) is 18.0 Å². The van der Waals surface area contributed by atoms with E-state index in [1.165, 1.54) is 31.5 Å². The van der Waals surface area contributed by atoms with Gasteiger partial charge >= 0.3 is 0 Å². The van der Waals surface area contributed by atoms with Gasteiger partial charge in [-0.1, -0.05) is 0 Å². The van der Waals surface area contributed by atoms with Crippen LogP contribution in [0.15, 0.2) is 12.4 Å². The number of hydrogen-bond acceptors (Lipinski definition) is 3. The fourth-order valence-electron chi connectivity index (χ4n) is 3.34. The van der Waals surface area contributed by atoms with E-state index in [1.807, 2.05) is 17.9 Å². The Kier molecular flexibility index (Phi) is 2.48. The minimum atomic E-state index is 0.448. The Labute approximate surface area is 96.4 Å². The van der Waals surface area contributed by atoms with Gasteiger partial charge in [0.1, 0.15) is 0 Å². The summed E-state index contributed by atoms with van der Waals surface area (Å²) in [6.07, 6.45) is 6.63. The molecule has 0 aromatic carbocycles. The van der Waals surface area contributed by atoms with Crippen molar-refractivity contribution in [2.75, 3.05) is 13.1 Å². The van der Waals surface area contributed by atoms with Gasteiger partial charge in [0.25, 0.3) is 0 Å². The van der Waals surface area contributed by atoms with Gasteiger partial charge in [-0.05, 0) is 24.7 Å². The van der Waals surface area contributed by atoms with Crippen LogP contribution in [-0.4, -0.2) is 33.8 Å². The van der Waals surface area contributed by atoms with Crippen LogP contribution in [0.3, 0.4) is 0 Å². The molecule has 2 N–H and O–H groups in total. The van der Waals surface area contributed by atoms with Crippen LogP contribution >= 0.6 is 0 Å². The highest BCUT2D eigenvalue weighted by Crippen LogP contribution is 2.37. The highest BCUT2D eigenvalue weighted by atomic mass is 15.2. The molecule has 0 radical (unpaired) electrons. The highest BCUT2D eigenvalue weighted by Gasteiger charge is 2.40. The van der Waals surface area contributed by atoms with Crippen molar-refractivity contribution in [3.8, 4) is 0 Å². The molecular weight excluding hydrogens is 200 g/mol. The van der Waals surface area contributed by atoms with E-state index in [4.69, 9.17) is 5.73 Å². The van der Waals surface area contributed by atoms with Crippen LogP contribution in [-0.2, 0) is 13.6 Å². The first-order valence-electron chi connectivity index (χ1n) is 6.18. The second kappa shape index (κ2) is 3.86. The standard InChI is InChI=1S/C12H20N4/c1-15-5-9(4-14-15)6-16-7-10-2-3-12(13)11(10)8-16/h4-5,10-12H,2-3,6-8,13H2,1H3. The van der Waals surface area contributed by atoms with Gasteiger partial charge in [0.05, 0.1) is 6.20 Å². The number of nitrogens with zero attached hydrogens (tertiary/aromatic N) is 3. The molecule has 1 aliphatic carbocycles. The van der Waals surface area contributed by atoms with E-state index in [1.54, 1.807) is 0 Å². The number of hydrogen-bond donors (Lipinski definition) is 1. The van der Waals surface area contributed by atoms with Crippen molar-refractivity contribution in [1.29, 1.82) is 0 Å². The molecule has 1 aliphatic heterocycles. The molecule has 1 saturated heterocycles. The Morgan fingerprint density at radius 3 is 3.00 bits per heavy atom. The number of aryl methyl sites for hydroxylation is 1. The molecule has 2 fully saturated rings. The third kappa shape index (κ3) is 1.76. The lowest BCUT2D eigenvalue weighted by molar-refractivity contribution is 0.298. The number of fused-ring (bicyclic) bond motifs is 1. The molecule has 1 aromatic heterocycles. The molecule has 2 heterocycles. The van der Waals surface area contributed by atoms with Crippen LogP contribution < -0.4 is 5.73 Å². The van der Waals surface area contributed by atoms with Crippen LogP contribution in [0.5, 0.6) is 0 Å². The average Bonchev–Trinajstić information content (AvgIpc) is 2.88. The largest absolute Gasteiger partial charge is 0.327 e. The van der Waals surface area contributed by atoms with Crippen molar-refractivity contribution in [1.82, 2.24) is 14.7 Å². The van der Waals surface area contributed by atoms with Crippen molar-refractivity contribution < 1.29 is 0 Å². The van der Waals surface area contributed by atoms with Gasteiger partial charge in [-0.2, -0.15) is 5.10 Å². The molecule has 3 rings (SSSR count). The van der Waals surface area contributed by atoms with Crippen molar-refractivity contribution >= 4 is 0 Å². The Morgan fingerprint density at radius 2 is 2.31 bits per heavy atom. The molecule has 4 nitrogen and oxygen atoms in total. The molecular formula is C12H20N4. The Balaban J connectivity index is 1.62. The van der Waals surface area contributed by atoms with E-state index < -0.39 is 0 Å². The van der Waals surface area contributed by atoms with E-state index in [9.17, 15) is 0 Å². The zero-order valence-electron chi connectivity index (χ0n) is 9.84. The summed E-state index contributed by atoms with van der Waals surface area (Å²) in [4.78, 5) is 2.53. The zero-order chi connectivity index (χ0) is 11.1. The fraction of sp³-hybridized carbons (Fsp3) is 0.750. The molecule has 88 valence electrons. The number of rotatable bonds is 2. The van der Waals surface area contributed by atoms with Crippen LogP contribution in [0.25, 0.3) is 0 Å². The number of aromatic nitrogens is 2. The molecule has 0 spiro atoms. The summed E-state index contributed by atoms with van der Waals surface area (Å²) in [5.41, 5.74) is 7.45. The highest BCUT2D eigenvalue weighted by molar-refractivity contribution is 5.05. The lowest BCUT2D eigenvalue weighted by Gasteiger charge is -2.17. The molecule has 3 unspecified atom stereocenters. The maximum absolute atomic E-state index is 6.14. The fourth-order valence-corrected chi connectivity index (χ4v) is 3.34. The lowest BCUT2D eigenvalue weighted by Crippen LogP contribution is -2.30. The Morgan fingerprint density at radius 1 is 1.44 bits per heavy atom. The quantitative estimate of drug-likeness (QED) is 0.793. The molecule has 16 heavy (non-hydrogen) atoms. The minimum absolute atomic E-state index is 0.448. The topological polar surface area (TPSA) is 47.1 Å². The van der Waals surface area contributed by atoms with Gasteiger partial charge in [0.15, 0.2) is 0 Å². The number of likely N-dealkylation sites (tertiary alicyclic amines) is 1. The second-order valence-corrected chi connectivity index (χ2v) is 5.38. The van der Waals surface area contributed by atoms with Crippen molar-refractivity contribution in [2.45, 2.75) is 25.4 Å². The van der Waals surface area contributed by atoms with Crippen LogP contribution in [0.2, 0.25) is 0 Å². The third-order valence-corrected chi connectivity index (χ3v) is 4.15. The minimum Gasteiger partial charge on any atom is -0.327 e. The molecule has 1 aromatic rings. The van der Waals surface area contributed by atoms with Gasteiger partial charge in [-0.15, -0.1) is 0 Å². The summed E-state index contributed by atoms with van der Waals surface area (Å²) in [6, 6.07) is 0.448. The van der Waals surface area contributed by atoms with E-state index in [0.29, 0.717) is 6.04 Å². The van der Waals surface area contributed by atoms with Gasteiger partial charge in [-0.25, -0.2) is 0 Å². The van der Waals surface area contributed by atoms with Crippen LogP contribution in [0.4, 0.5) is 0 Å². The summed E-state index contributed by atoms with van der Waals surface area (Å²) >= 11 is 0. The predicted molar refractivity (Wildman–Crippen MR) is 62.7 cm³/mol. The Bertz CT molecular complexity index is 373. The average molecular weight is 220 g/mol. The SMILES string of the molecule is Cn1cc(CN2CC3CCC(N)C3C2)cn1. The summed E-state index contributed by atoms with van der Waals surface area (Å²) < 4.78 is 1.87. The van der Waals surface area contributed by atoms with E-state index in [2.05, 4.69) is 16.2 Å². The molecule has 0 amide bonds. The second-order valence-electron chi connectivity index (χ2n) is 5.38. The summed E-state index contributed by atoms with van der Waals surface area (Å²) in [7, 11) is 1.97. The zero-order valence-corrected chi connectivity index (χ0v) is 9.84. The first kappa shape index (κ1) is 10.3. The maximum Gasteiger partial charge on any atom is 0.0534 e. The molecule has 2 aliphatic rings. The third-order valence-electron chi connectivity index (χ3n) is 4.15. The first-order chi connectivity index (χ1) is 7.72. The van der Waals surface area contributed by atoms with E-state index >= 15 is 0 Å². The monoisotopic (exact) mass is 220 g/mol. The summed E-state index contributed by atoms with van der Waals surface area (Å²) in [6.45, 7) is 3.45. The van der Waals surface area contributed by atoms with Gasteiger partial charge in [0, 0.05) is 44.5 Å². The van der Waals surface area contributed by atoms with Crippen LogP contribution in [0.1, 0.15) is 18.4 Å².